The number of aromatic nitrogens is 2. The van der Waals surface area contributed by atoms with Crippen molar-refractivity contribution in [3.63, 3.8) is 0 Å². The van der Waals surface area contributed by atoms with Crippen LogP contribution in [0.3, 0.4) is 0 Å². The van der Waals surface area contributed by atoms with Gasteiger partial charge in [-0.3, -0.25) is 19.8 Å². The number of hydrogen-bond acceptors (Lipinski definition) is 9. The second-order valence-electron chi connectivity index (χ2n) is 12.2. The van der Waals surface area contributed by atoms with Gasteiger partial charge in [0.05, 0.1) is 28.1 Å². The first-order valence-electron chi connectivity index (χ1n) is 15.7. The first kappa shape index (κ1) is 31.0. The molecule has 2 aromatic heterocycles. The zero-order chi connectivity index (χ0) is 31.2. The van der Waals surface area contributed by atoms with Crippen LogP contribution in [0.1, 0.15) is 55.6 Å². The van der Waals surface area contributed by atoms with Gasteiger partial charge in [0.2, 0.25) is 11.8 Å². The molecule has 0 radical (unpaired) electrons. The van der Waals surface area contributed by atoms with Gasteiger partial charge in [-0.1, -0.05) is 41.9 Å². The van der Waals surface area contributed by atoms with Crippen molar-refractivity contribution in [2.24, 2.45) is 5.41 Å². The molecule has 3 N–H and O–H groups in total. The lowest BCUT2D eigenvalue weighted by molar-refractivity contribution is -0.134. The summed E-state index contributed by atoms with van der Waals surface area (Å²) in [6.07, 6.45) is 5.89. The Labute approximate surface area is 268 Å². The van der Waals surface area contributed by atoms with Crippen LogP contribution in [0.15, 0.2) is 54.7 Å². The number of halogens is 1. The monoisotopic (exact) mass is 627 g/mol. The van der Waals surface area contributed by atoms with Gasteiger partial charge in [0.1, 0.15) is 11.6 Å². The molecule has 1 atom stereocenters. The summed E-state index contributed by atoms with van der Waals surface area (Å²) in [6.45, 7) is 4.30. The third-order valence-electron chi connectivity index (χ3n) is 9.18. The molecule has 3 aliphatic heterocycles. The molecule has 0 bridgehead atoms. The number of carbonyl (C=O) groups excluding carboxylic acids is 2. The number of rotatable bonds is 9. The Kier molecular flexibility index (Phi) is 9.59. The first-order chi connectivity index (χ1) is 21.9. The maximum atomic E-state index is 12.5. The SMILES string of the molecule is N#CC1(CNc2cccc(-c3cc(NC4CCN(Cc5ccccc5C5CCC(=O)NC5=O)CC4)ncc3Cl)n2)CCOCC1. The highest BCUT2D eigenvalue weighted by Gasteiger charge is 2.33. The Bertz CT molecular complexity index is 1580. The Hall–Kier alpha value is -4.04. The van der Waals surface area contributed by atoms with E-state index in [4.69, 9.17) is 21.3 Å². The van der Waals surface area contributed by atoms with Gasteiger partial charge < -0.3 is 15.4 Å². The summed E-state index contributed by atoms with van der Waals surface area (Å²) in [5.74, 6) is 0.778. The number of amides is 2. The topological polar surface area (TPSA) is 132 Å². The zero-order valence-corrected chi connectivity index (χ0v) is 26.0. The summed E-state index contributed by atoms with van der Waals surface area (Å²) in [7, 11) is 0. The van der Waals surface area contributed by atoms with E-state index in [0.29, 0.717) is 56.3 Å². The van der Waals surface area contributed by atoms with Crippen LogP contribution in [-0.4, -0.2) is 65.6 Å². The number of nitrogens with zero attached hydrogens (tertiary/aromatic N) is 4. The van der Waals surface area contributed by atoms with Crippen LogP contribution in [0.2, 0.25) is 5.02 Å². The van der Waals surface area contributed by atoms with Crippen molar-refractivity contribution in [2.45, 2.75) is 57.0 Å². The summed E-state index contributed by atoms with van der Waals surface area (Å²) in [6, 6.07) is 18.5. The maximum Gasteiger partial charge on any atom is 0.234 e. The number of piperidine rings is 2. The second-order valence-corrected chi connectivity index (χ2v) is 12.6. The van der Waals surface area contributed by atoms with Gasteiger partial charge in [-0.2, -0.15) is 5.26 Å². The number of pyridine rings is 2. The minimum absolute atomic E-state index is 0.192. The van der Waals surface area contributed by atoms with Crippen molar-refractivity contribution >= 4 is 35.1 Å². The van der Waals surface area contributed by atoms with E-state index in [1.807, 2.05) is 42.5 Å². The Morgan fingerprint density at radius 3 is 2.64 bits per heavy atom. The molecule has 2 amide bonds. The second kappa shape index (κ2) is 13.9. The molecule has 3 aliphatic rings. The molecule has 3 aromatic rings. The number of nitrogens with one attached hydrogen (secondary N) is 3. The van der Waals surface area contributed by atoms with Crippen LogP contribution >= 0.6 is 11.6 Å². The summed E-state index contributed by atoms with van der Waals surface area (Å²) >= 11 is 6.59. The van der Waals surface area contributed by atoms with Crippen molar-refractivity contribution in [1.82, 2.24) is 20.2 Å². The molecule has 45 heavy (non-hydrogen) atoms. The number of ether oxygens (including phenoxy) is 1. The van der Waals surface area contributed by atoms with Crippen LogP contribution < -0.4 is 16.0 Å². The highest BCUT2D eigenvalue weighted by atomic mass is 35.5. The quantitative estimate of drug-likeness (QED) is 0.276. The molecule has 0 aliphatic carbocycles. The molecule has 5 heterocycles. The molecule has 1 aromatic carbocycles. The minimum Gasteiger partial charge on any atom is -0.381 e. The van der Waals surface area contributed by atoms with E-state index in [0.717, 1.165) is 60.7 Å². The number of likely N-dealkylation sites (tertiary alicyclic amines) is 1. The Balaban J connectivity index is 1.06. The van der Waals surface area contributed by atoms with Gasteiger partial charge in [0, 0.05) is 63.6 Å². The molecular weight excluding hydrogens is 590 g/mol. The van der Waals surface area contributed by atoms with Crippen LogP contribution in [0.4, 0.5) is 11.6 Å². The number of anilines is 2. The molecule has 0 spiro atoms. The van der Waals surface area contributed by atoms with Crippen LogP contribution in [0, 0.1) is 16.7 Å². The standard InChI is InChI=1S/C34H38ClN7O3/c35-28-19-37-31(18-27(28)29-6-3-7-30(40-29)38-22-34(21-36)12-16-45-17-13-34)39-24-10-14-42(15-11-24)20-23-4-1-2-5-25(23)26-8-9-32(43)41-33(26)44/h1-7,18-19,24,26H,8-17,20,22H2,(H,37,39)(H,38,40)(H,41,43,44). The summed E-state index contributed by atoms with van der Waals surface area (Å²) < 4.78 is 5.45. The summed E-state index contributed by atoms with van der Waals surface area (Å²) in [5, 5.41) is 19.8. The van der Waals surface area contributed by atoms with E-state index >= 15 is 0 Å². The van der Waals surface area contributed by atoms with E-state index in [1.54, 1.807) is 6.20 Å². The first-order valence-corrected chi connectivity index (χ1v) is 16.1. The molecule has 234 valence electrons. The number of nitriles is 1. The van der Waals surface area contributed by atoms with Gasteiger partial charge in [-0.15, -0.1) is 0 Å². The van der Waals surface area contributed by atoms with Crippen molar-refractivity contribution in [1.29, 1.82) is 5.26 Å². The molecule has 1 unspecified atom stereocenters. The van der Waals surface area contributed by atoms with E-state index in [-0.39, 0.29) is 23.8 Å². The summed E-state index contributed by atoms with van der Waals surface area (Å²) in [5.41, 5.74) is 3.23. The van der Waals surface area contributed by atoms with E-state index in [2.05, 4.69) is 38.0 Å². The molecule has 6 rings (SSSR count). The lowest BCUT2D eigenvalue weighted by atomic mass is 9.82. The molecule has 10 nitrogen and oxygen atoms in total. The fourth-order valence-corrected chi connectivity index (χ4v) is 6.64. The fourth-order valence-electron chi connectivity index (χ4n) is 6.44. The minimum atomic E-state index is -0.451. The van der Waals surface area contributed by atoms with Gasteiger partial charge in [-0.25, -0.2) is 9.97 Å². The van der Waals surface area contributed by atoms with Crippen LogP contribution in [0.25, 0.3) is 11.3 Å². The van der Waals surface area contributed by atoms with Crippen molar-refractivity contribution in [2.75, 3.05) is 43.5 Å². The van der Waals surface area contributed by atoms with Gasteiger partial charge >= 0.3 is 0 Å². The number of carbonyl (C=O) groups is 2. The molecule has 3 saturated heterocycles. The lowest BCUT2D eigenvalue weighted by Gasteiger charge is -2.33. The highest BCUT2D eigenvalue weighted by molar-refractivity contribution is 6.33. The Morgan fingerprint density at radius 2 is 1.87 bits per heavy atom. The van der Waals surface area contributed by atoms with E-state index in [9.17, 15) is 14.9 Å². The average Bonchev–Trinajstić information content (AvgIpc) is 3.07. The maximum absolute atomic E-state index is 12.5. The third kappa shape index (κ3) is 7.44. The average molecular weight is 628 g/mol. The van der Waals surface area contributed by atoms with E-state index in [1.165, 1.54) is 0 Å². The predicted octanol–water partition coefficient (Wildman–Crippen LogP) is 5.13. The van der Waals surface area contributed by atoms with E-state index < -0.39 is 5.41 Å². The van der Waals surface area contributed by atoms with Crippen LogP contribution in [0.5, 0.6) is 0 Å². The number of imide groups is 1. The van der Waals surface area contributed by atoms with Crippen molar-refractivity contribution in [3.05, 3.63) is 70.9 Å². The smallest absolute Gasteiger partial charge is 0.234 e. The number of benzene rings is 1. The fraction of sp³-hybridized carbons (Fsp3) is 0.441. The normalized spacial score (nSPS) is 20.7. The highest BCUT2D eigenvalue weighted by Crippen LogP contribution is 2.33. The molecule has 0 saturated carbocycles. The molecular formula is C34H38ClN7O3. The van der Waals surface area contributed by atoms with Gasteiger partial charge in [-0.05, 0) is 61.4 Å². The largest absolute Gasteiger partial charge is 0.381 e. The number of hydrogen-bond donors (Lipinski definition) is 3. The zero-order valence-electron chi connectivity index (χ0n) is 25.2. The molecule has 3 fully saturated rings. The predicted molar refractivity (Wildman–Crippen MR) is 173 cm³/mol. The van der Waals surface area contributed by atoms with Crippen molar-refractivity contribution < 1.29 is 14.3 Å². The Morgan fingerprint density at radius 1 is 1.07 bits per heavy atom. The van der Waals surface area contributed by atoms with Crippen LogP contribution in [-0.2, 0) is 20.9 Å². The summed E-state index contributed by atoms with van der Waals surface area (Å²) in [4.78, 5) is 36.0. The lowest BCUT2D eigenvalue weighted by Crippen LogP contribution is -2.41. The van der Waals surface area contributed by atoms with Crippen molar-refractivity contribution in [3.8, 4) is 17.3 Å². The third-order valence-corrected chi connectivity index (χ3v) is 9.48. The van der Waals surface area contributed by atoms with Gasteiger partial charge in [0.25, 0.3) is 0 Å². The molecule has 11 heteroatoms. The van der Waals surface area contributed by atoms with Gasteiger partial charge in [0.15, 0.2) is 0 Å².